The smallest absolute Gasteiger partial charge is 0.293 e. The van der Waals surface area contributed by atoms with Gasteiger partial charge in [-0.25, -0.2) is 0 Å². The average Bonchev–Trinajstić information content (AvgIpc) is 2.84. The van der Waals surface area contributed by atoms with Gasteiger partial charge in [0.1, 0.15) is 5.69 Å². The molecule has 2 amide bonds. The number of nitrogens with zero attached hydrogens (tertiary/aromatic N) is 2. The van der Waals surface area contributed by atoms with Gasteiger partial charge in [0.2, 0.25) is 0 Å². The van der Waals surface area contributed by atoms with Gasteiger partial charge in [-0.1, -0.05) is 29.8 Å². The molecule has 4 rings (SSSR count). The number of piperidine rings is 1. The highest BCUT2D eigenvalue weighted by Crippen LogP contribution is 2.31. The topological polar surface area (TPSA) is 105 Å². The van der Waals surface area contributed by atoms with Crippen LogP contribution in [-0.2, 0) is 0 Å². The lowest BCUT2D eigenvalue weighted by atomic mass is 10.1. The second-order valence-corrected chi connectivity index (χ2v) is 8.38. The Morgan fingerprint density at radius 2 is 1.53 bits per heavy atom. The van der Waals surface area contributed by atoms with Crippen LogP contribution in [0.2, 0.25) is 5.02 Å². The van der Waals surface area contributed by atoms with Crippen LogP contribution in [-0.4, -0.2) is 29.8 Å². The standard InChI is InChI=1S/C25H23ClN4O4/c26-21-10-3-2-9-20(21)25(32)28-19-8-6-7-18(16-19)27-24(31)17-11-12-22(23(15-17)30(33)34)29-13-4-1-5-14-29/h2-3,6-12,15-16H,1,4-5,13-14H2,(H,27,31)(H,28,32). The molecule has 1 aliphatic rings. The Morgan fingerprint density at radius 3 is 2.21 bits per heavy atom. The molecule has 0 radical (unpaired) electrons. The van der Waals surface area contributed by atoms with Crippen molar-refractivity contribution in [3.8, 4) is 0 Å². The quantitative estimate of drug-likeness (QED) is 0.347. The van der Waals surface area contributed by atoms with Crippen molar-refractivity contribution in [3.05, 3.63) is 93.0 Å². The molecule has 8 nitrogen and oxygen atoms in total. The van der Waals surface area contributed by atoms with E-state index in [1.54, 1.807) is 60.7 Å². The fourth-order valence-corrected chi connectivity index (χ4v) is 4.16. The molecule has 3 aromatic carbocycles. The maximum Gasteiger partial charge on any atom is 0.293 e. The Labute approximate surface area is 201 Å². The number of anilines is 3. The number of amides is 2. The molecule has 174 valence electrons. The Hall–Kier alpha value is -3.91. The molecular formula is C25H23ClN4O4. The molecule has 9 heteroatoms. The molecule has 0 aromatic heterocycles. The first kappa shape index (κ1) is 23.3. The van der Waals surface area contributed by atoms with Gasteiger partial charge in [-0.15, -0.1) is 0 Å². The minimum Gasteiger partial charge on any atom is -0.366 e. The van der Waals surface area contributed by atoms with E-state index >= 15 is 0 Å². The van der Waals surface area contributed by atoms with Gasteiger partial charge in [0.25, 0.3) is 17.5 Å². The van der Waals surface area contributed by atoms with Crippen LogP contribution in [0.3, 0.4) is 0 Å². The molecule has 0 aliphatic carbocycles. The van der Waals surface area contributed by atoms with Gasteiger partial charge in [0.05, 0.1) is 15.5 Å². The zero-order valence-electron chi connectivity index (χ0n) is 18.3. The number of benzene rings is 3. The van der Waals surface area contributed by atoms with E-state index in [2.05, 4.69) is 10.6 Å². The predicted molar refractivity (Wildman–Crippen MR) is 133 cm³/mol. The highest BCUT2D eigenvalue weighted by Gasteiger charge is 2.23. The third-order valence-corrected chi connectivity index (χ3v) is 5.96. The normalized spacial score (nSPS) is 13.3. The van der Waals surface area contributed by atoms with Gasteiger partial charge in [-0.05, 0) is 61.7 Å². The van der Waals surface area contributed by atoms with Crippen molar-refractivity contribution in [1.82, 2.24) is 0 Å². The number of nitrogens with one attached hydrogen (secondary N) is 2. The number of nitro benzene ring substituents is 1. The van der Waals surface area contributed by atoms with E-state index in [0.29, 0.717) is 27.6 Å². The molecule has 1 aliphatic heterocycles. The van der Waals surface area contributed by atoms with Gasteiger partial charge in [0, 0.05) is 36.1 Å². The molecule has 0 bridgehead atoms. The summed E-state index contributed by atoms with van der Waals surface area (Å²) in [6, 6.07) is 17.9. The Morgan fingerprint density at radius 1 is 0.853 bits per heavy atom. The van der Waals surface area contributed by atoms with E-state index in [0.717, 1.165) is 32.4 Å². The van der Waals surface area contributed by atoms with E-state index in [1.165, 1.54) is 6.07 Å². The summed E-state index contributed by atoms with van der Waals surface area (Å²) in [4.78, 5) is 38.6. The lowest BCUT2D eigenvalue weighted by molar-refractivity contribution is -0.384. The fourth-order valence-electron chi connectivity index (χ4n) is 3.93. The number of carbonyl (C=O) groups is 2. The molecule has 0 atom stereocenters. The summed E-state index contributed by atoms with van der Waals surface area (Å²) in [6.45, 7) is 1.53. The molecule has 1 fully saturated rings. The molecule has 2 N–H and O–H groups in total. The SMILES string of the molecule is O=C(Nc1cccc(NC(=O)c2ccccc2Cl)c1)c1ccc(N2CCCCC2)c([N+](=O)[O-])c1. The summed E-state index contributed by atoms with van der Waals surface area (Å²) in [7, 11) is 0. The Kier molecular flexibility index (Phi) is 7.08. The zero-order valence-corrected chi connectivity index (χ0v) is 19.0. The molecule has 1 saturated heterocycles. The molecular weight excluding hydrogens is 456 g/mol. The van der Waals surface area contributed by atoms with Crippen molar-refractivity contribution >= 4 is 46.2 Å². The van der Waals surface area contributed by atoms with E-state index in [4.69, 9.17) is 11.6 Å². The minimum absolute atomic E-state index is 0.0877. The predicted octanol–water partition coefficient (Wildman–Crippen LogP) is 5.74. The second kappa shape index (κ2) is 10.4. The van der Waals surface area contributed by atoms with E-state index < -0.39 is 10.8 Å². The van der Waals surface area contributed by atoms with Crippen molar-refractivity contribution in [2.24, 2.45) is 0 Å². The first-order valence-electron chi connectivity index (χ1n) is 10.9. The summed E-state index contributed by atoms with van der Waals surface area (Å²) in [5.74, 6) is -0.860. The lowest BCUT2D eigenvalue weighted by Crippen LogP contribution is -2.30. The highest BCUT2D eigenvalue weighted by atomic mass is 35.5. The van der Waals surface area contributed by atoms with Crippen LogP contribution in [0, 0.1) is 10.1 Å². The lowest BCUT2D eigenvalue weighted by Gasteiger charge is -2.28. The van der Waals surface area contributed by atoms with Crippen LogP contribution in [0.5, 0.6) is 0 Å². The summed E-state index contributed by atoms with van der Waals surface area (Å²) < 4.78 is 0. The first-order valence-corrected chi connectivity index (χ1v) is 11.3. The number of hydrogen-bond acceptors (Lipinski definition) is 5. The highest BCUT2D eigenvalue weighted by molar-refractivity contribution is 6.34. The summed E-state index contributed by atoms with van der Waals surface area (Å²) >= 11 is 6.08. The van der Waals surface area contributed by atoms with Crippen LogP contribution in [0.1, 0.15) is 40.0 Å². The summed E-state index contributed by atoms with van der Waals surface area (Å²) in [5.41, 5.74) is 1.86. The van der Waals surface area contributed by atoms with Gasteiger partial charge in [-0.3, -0.25) is 19.7 Å². The second-order valence-electron chi connectivity index (χ2n) is 7.98. The third kappa shape index (κ3) is 5.35. The number of rotatable bonds is 6. The van der Waals surface area contributed by atoms with Crippen LogP contribution in [0.4, 0.5) is 22.7 Å². The number of carbonyl (C=O) groups excluding carboxylic acids is 2. The van der Waals surface area contributed by atoms with Crippen LogP contribution >= 0.6 is 11.6 Å². The van der Waals surface area contributed by atoms with Gasteiger partial charge in [-0.2, -0.15) is 0 Å². The Bertz CT molecular complexity index is 1240. The largest absolute Gasteiger partial charge is 0.366 e. The van der Waals surface area contributed by atoms with Gasteiger partial charge in [0.15, 0.2) is 0 Å². The monoisotopic (exact) mass is 478 g/mol. The van der Waals surface area contributed by atoms with Crippen molar-refractivity contribution in [2.45, 2.75) is 19.3 Å². The maximum atomic E-state index is 12.8. The number of hydrogen-bond donors (Lipinski definition) is 2. The maximum absolute atomic E-state index is 12.8. The van der Waals surface area contributed by atoms with E-state index in [1.807, 2.05) is 4.90 Å². The van der Waals surface area contributed by atoms with E-state index in [9.17, 15) is 19.7 Å². The molecule has 0 spiro atoms. The molecule has 0 unspecified atom stereocenters. The average molecular weight is 479 g/mol. The van der Waals surface area contributed by atoms with Crippen LogP contribution in [0.25, 0.3) is 0 Å². The van der Waals surface area contributed by atoms with Crippen molar-refractivity contribution in [3.63, 3.8) is 0 Å². The van der Waals surface area contributed by atoms with Crippen LogP contribution in [0.15, 0.2) is 66.7 Å². The summed E-state index contributed by atoms with van der Waals surface area (Å²) in [6.07, 6.45) is 3.09. The fraction of sp³-hybridized carbons (Fsp3) is 0.200. The summed E-state index contributed by atoms with van der Waals surface area (Å²) in [5, 5.41) is 17.5. The number of halogens is 1. The number of nitro groups is 1. The van der Waals surface area contributed by atoms with Gasteiger partial charge >= 0.3 is 0 Å². The van der Waals surface area contributed by atoms with Gasteiger partial charge < -0.3 is 15.5 Å². The zero-order chi connectivity index (χ0) is 24.1. The van der Waals surface area contributed by atoms with E-state index in [-0.39, 0.29) is 17.2 Å². The first-order chi connectivity index (χ1) is 16.4. The van der Waals surface area contributed by atoms with Crippen molar-refractivity contribution in [2.75, 3.05) is 28.6 Å². The third-order valence-electron chi connectivity index (χ3n) is 5.63. The minimum atomic E-state index is -0.483. The Balaban J connectivity index is 1.49. The van der Waals surface area contributed by atoms with Crippen molar-refractivity contribution in [1.29, 1.82) is 0 Å². The molecule has 34 heavy (non-hydrogen) atoms. The molecule has 0 saturated carbocycles. The molecule has 3 aromatic rings. The van der Waals surface area contributed by atoms with Crippen molar-refractivity contribution < 1.29 is 14.5 Å². The molecule has 1 heterocycles. The van der Waals surface area contributed by atoms with Crippen LogP contribution < -0.4 is 15.5 Å².